The van der Waals surface area contributed by atoms with Crippen molar-refractivity contribution in [3.8, 4) is 0 Å². The minimum Gasteiger partial charge on any atom is -0.382 e. The van der Waals surface area contributed by atoms with Crippen LogP contribution in [0.4, 0.5) is 0 Å². The van der Waals surface area contributed by atoms with Crippen LogP contribution >= 0.6 is 0 Å². The van der Waals surface area contributed by atoms with E-state index < -0.39 is 0 Å². The van der Waals surface area contributed by atoms with E-state index in [-0.39, 0.29) is 11.9 Å². The van der Waals surface area contributed by atoms with Crippen LogP contribution < -0.4 is 0 Å². The molecule has 0 saturated carbocycles. The van der Waals surface area contributed by atoms with Gasteiger partial charge in [-0.05, 0) is 20.8 Å². The van der Waals surface area contributed by atoms with E-state index >= 15 is 0 Å². The van der Waals surface area contributed by atoms with Crippen LogP contribution in [0.5, 0.6) is 0 Å². The molecule has 1 unspecified atom stereocenters. The third kappa shape index (κ3) is 5.27. The number of ether oxygens (including phenoxy) is 2. The number of hydrogen-bond donors (Lipinski definition) is 0. The second kappa shape index (κ2) is 7.25. The third-order valence-corrected chi connectivity index (χ3v) is 1.55. The summed E-state index contributed by atoms with van der Waals surface area (Å²) < 4.78 is 10.3. The number of Topliss-reactive ketones (excluding diaryl/α,β-unsaturated/α-hetero) is 1. The molecule has 12 heavy (non-hydrogen) atoms. The van der Waals surface area contributed by atoms with Crippen LogP contribution in [-0.2, 0) is 14.3 Å². The van der Waals surface area contributed by atoms with Crippen molar-refractivity contribution in [3.05, 3.63) is 0 Å². The van der Waals surface area contributed by atoms with Crippen molar-refractivity contribution in [2.75, 3.05) is 19.8 Å². The standard InChI is InChI=1S/C9H18O3/c1-4-11-7-6-9(8(3)10)12-5-2/h9H,4-7H2,1-3H3. The van der Waals surface area contributed by atoms with Crippen LogP contribution in [0.25, 0.3) is 0 Å². The van der Waals surface area contributed by atoms with Crippen molar-refractivity contribution in [2.24, 2.45) is 0 Å². The summed E-state index contributed by atoms with van der Waals surface area (Å²) in [5, 5.41) is 0. The van der Waals surface area contributed by atoms with E-state index in [9.17, 15) is 4.79 Å². The van der Waals surface area contributed by atoms with Gasteiger partial charge >= 0.3 is 0 Å². The van der Waals surface area contributed by atoms with E-state index in [1.165, 1.54) is 0 Å². The fourth-order valence-electron chi connectivity index (χ4n) is 0.940. The number of rotatable bonds is 7. The van der Waals surface area contributed by atoms with Gasteiger partial charge < -0.3 is 9.47 Å². The van der Waals surface area contributed by atoms with Gasteiger partial charge in [0.2, 0.25) is 0 Å². The maximum Gasteiger partial charge on any atom is 0.158 e. The monoisotopic (exact) mass is 174 g/mol. The minimum absolute atomic E-state index is 0.0801. The average molecular weight is 174 g/mol. The van der Waals surface area contributed by atoms with Crippen molar-refractivity contribution in [2.45, 2.75) is 33.3 Å². The highest BCUT2D eigenvalue weighted by Gasteiger charge is 2.12. The van der Waals surface area contributed by atoms with Gasteiger partial charge in [0, 0.05) is 26.2 Å². The first-order valence-electron chi connectivity index (χ1n) is 4.42. The quantitative estimate of drug-likeness (QED) is 0.547. The first-order valence-corrected chi connectivity index (χ1v) is 4.42. The number of hydrogen-bond acceptors (Lipinski definition) is 3. The van der Waals surface area contributed by atoms with Gasteiger partial charge in [0.1, 0.15) is 6.10 Å². The number of carbonyl (C=O) groups excluding carboxylic acids is 1. The molecule has 0 aliphatic heterocycles. The zero-order valence-electron chi connectivity index (χ0n) is 8.13. The second-order valence-electron chi connectivity index (χ2n) is 2.54. The molecule has 0 fully saturated rings. The van der Waals surface area contributed by atoms with Crippen LogP contribution in [-0.4, -0.2) is 31.7 Å². The molecule has 0 saturated heterocycles. The Hall–Kier alpha value is -0.410. The molecule has 0 bridgehead atoms. The molecule has 0 N–H and O–H groups in total. The topological polar surface area (TPSA) is 35.5 Å². The van der Waals surface area contributed by atoms with Crippen LogP contribution in [0.2, 0.25) is 0 Å². The van der Waals surface area contributed by atoms with E-state index in [0.29, 0.717) is 26.2 Å². The van der Waals surface area contributed by atoms with Crippen molar-refractivity contribution in [1.29, 1.82) is 0 Å². The van der Waals surface area contributed by atoms with Crippen LogP contribution in [0.1, 0.15) is 27.2 Å². The lowest BCUT2D eigenvalue weighted by atomic mass is 10.2. The highest BCUT2D eigenvalue weighted by Crippen LogP contribution is 2.00. The summed E-state index contributed by atoms with van der Waals surface area (Å²) in [6, 6.07) is 0. The molecule has 0 aliphatic carbocycles. The predicted molar refractivity (Wildman–Crippen MR) is 47.2 cm³/mol. The predicted octanol–water partition coefficient (Wildman–Crippen LogP) is 1.41. The molecule has 0 aromatic carbocycles. The molecule has 0 amide bonds. The molecule has 3 nitrogen and oxygen atoms in total. The van der Waals surface area contributed by atoms with Crippen molar-refractivity contribution < 1.29 is 14.3 Å². The Kier molecular flexibility index (Phi) is 7.00. The van der Waals surface area contributed by atoms with Gasteiger partial charge in [-0.1, -0.05) is 0 Å². The largest absolute Gasteiger partial charge is 0.382 e. The lowest BCUT2D eigenvalue weighted by Gasteiger charge is -2.12. The van der Waals surface area contributed by atoms with Crippen molar-refractivity contribution >= 4 is 5.78 Å². The van der Waals surface area contributed by atoms with E-state index in [2.05, 4.69) is 0 Å². The maximum atomic E-state index is 10.9. The van der Waals surface area contributed by atoms with Crippen molar-refractivity contribution in [1.82, 2.24) is 0 Å². The van der Waals surface area contributed by atoms with Gasteiger partial charge in [0.15, 0.2) is 5.78 Å². The fourth-order valence-corrected chi connectivity index (χ4v) is 0.940. The molecule has 0 aliphatic rings. The summed E-state index contributed by atoms with van der Waals surface area (Å²) in [5.74, 6) is 0.0801. The zero-order valence-corrected chi connectivity index (χ0v) is 8.13. The smallest absolute Gasteiger partial charge is 0.158 e. The molecule has 0 spiro atoms. The first kappa shape index (κ1) is 11.6. The van der Waals surface area contributed by atoms with Crippen molar-refractivity contribution in [3.63, 3.8) is 0 Å². The lowest BCUT2D eigenvalue weighted by Crippen LogP contribution is -2.23. The van der Waals surface area contributed by atoms with Gasteiger partial charge in [0.25, 0.3) is 0 Å². The highest BCUT2D eigenvalue weighted by molar-refractivity contribution is 5.80. The first-order chi connectivity index (χ1) is 5.72. The molecule has 0 radical (unpaired) electrons. The Balaban J connectivity index is 3.56. The van der Waals surface area contributed by atoms with Gasteiger partial charge in [0.05, 0.1) is 0 Å². The summed E-state index contributed by atoms with van der Waals surface area (Å²) in [6.07, 6.45) is 0.387. The summed E-state index contributed by atoms with van der Waals surface area (Å²) in [6.45, 7) is 7.24. The summed E-state index contributed by atoms with van der Waals surface area (Å²) >= 11 is 0. The number of ketones is 1. The molecule has 0 aromatic rings. The second-order valence-corrected chi connectivity index (χ2v) is 2.54. The normalized spacial score (nSPS) is 12.9. The molecular formula is C9H18O3. The molecule has 0 heterocycles. The van der Waals surface area contributed by atoms with Gasteiger partial charge in [-0.15, -0.1) is 0 Å². The number of carbonyl (C=O) groups is 1. The van der Waals surface area contributed by atoms with E-state index in [4.69, 9.17) is 9.47 Å². The van der Waals surface area contributed by atoms with E-state index in [1.807, 2.05) is 13.8 Å². The van der Waals surface area contributed by atoms with Gasteiger partial charge in [-0.3, -0.25) is 4.79 Å². The van der Waals surface area contributed by atoms with E-state index in [0.717, 1.165) is 0 Å². The Bertz CT molecular complexity index is 123. The third-order valence-electron chi connectivity index (χ3n) is 1.55. The summed E-state index contributed by atoms with van der Waals surface area (Å²) in [7, 11) is 0. The zero-order chi connectivity index (χ0) is 9.40. The summed E-state index contributed by atoms with van der Waals surface area (Å²) in [4.78, 5) is 10.9. The Labute approximate surface area is 74.0 Å². The van der Waals surface area contributed by atoms with Crippen LogP contribution in [0.3, 0.4) is 0 Å². The average Bonchev–Trinajstić information content (AvgIpc) is 2.03. The molecule has 3 heteroatoms. The minimum atomic E-state index is -0.276. The molecule has 0 rings (SSSR count). The maximum absolute atomic E-state index is 10.9. The van der Waals surface area contributed by atoms with Crippen LogP contribution in [0.15, 0.2) is 0 Å². The fraction of sp³-hybridized carbons (Fsp3) is 0.889. The van der Waals surface area contributed by atoms with Gasteiger partial charge in [-0.25, -0.2) is 0 Å². The van der Waals surface area contributed by atoms with E-state index in [1.54, 1.807) is 6.92 Å². The lowest BCUT2D eigenvalue weighted by molar-refractivity contribution is -0.129. The van der Waals surface area contributed by atoms with Gasteiger partial charge in [-0.2, -0.15) is 0 Å². The molecular weight excluding hydrogens is 156 g/mol. The highest BCUT2D eigenvalue weighted by atomic mass is 16.5. The molecule has 72 valence electrons. The SMILES string of the molecule is CCOCCC(OCC)C(C)=O. The Morgan fingerprint density at radius 3 is 2.42 bits per heavy atom. The molecule has 1 atom stereocenters. The Morgan fingerprint density at radius 1 is 1.33 bits per heavy atom. The Morgan fingerprint density at radius 2 is 2.00 bits per heavy atom. The summed E-state index contributed by atoms with van der Waals surface area (Å²) in [5.41, 5.74) is 0. The van der Waals surface area contributed by atoms with Crippen LogP contribution in [0, 0.1) is 0 Å². The molecule has 0 aromatic heterocycles.